The second kappa shape index (κ2) is 13.0. The molecule has 5 rings (SSSR count). The maximum atomic E-state index is 13.5. The van der Waals surface area contributed by atoms with Gasteiger partial charge >= 0.3 is 0 Å². The highest BCUT2D eigenvalue weighted by atomic mass is 32.1. The fraction of sp³-hybridized carbons (Fsp3) is 0.441. The van der Waals surface area contributed by atoms with E-state index in [2.05, 4.69) is 54.7 Å². The standard InChI is InChI=1S/C34H42N8O2S/c1-33(2,3)18-24(19-35)31(44)40-15-7-9-25(40)21-41-27-11-10-23(20-36-22-34(4,5)6)17-26(27)38-32(41)39-30(43)28-12-13-29(45-28)42-16-8-14-37-42/h8,10-14,16-18,25,36H,7,9,15,20-22H2,1-6H3,(H,38,39,43). The summed E-state index contributed by atoms with van der Waals surface area (Å²) in [6.45, 7) is 15.1. The average Bonchev–Trinajstić information content (AvgIpc) is 3.78. The Hall–Kier alpha value is -4.27. The number of nitrogens with zero attached hydrogens (tertiary/aromatic N) is 6. The molecule has 2 amide bonds. The van der Waals surface area contributed by atoms with E-state index in [0.717, 1.165) is 41.0 Å². The highest BCUT2D eigenvalue weighted by Crippen LogP contribution is 2.29. The van der Waals surface area contributed by atoms with E-state index in [-0.39, 0.29) is 34.3 Å². The van der Waals surface area contributed by atoms with Crippen molar-refractivity contribution in [3.63, 3.8) is 0 Å². The van der Waals surface area contributed by atoms with Crippen molar-refractivity contribution in [2.45, 2.75) is 73.5 Å². The minimum absolute atomic E-state index is 0.149. The summed E-state index contributed by atoms with van der Waals surface area (Å²) in [6.07, 6.45) is 6.92. The lowest BCUT2D eigenvalue weighted by atomic mass is 9.93. The van der Waals surface area contributed by atoms with Crippen molar-refractivity contribution in [2.75, 3.05) is 18.4 Å². The summed E-state index contributed by atoms with van der Waals surface area (Å²) < 4.78 is 3.72. The fourth-order valence-electron chi connectivity index (χ4n) is 5.52. The van der Waals surface area contributed by atoms with Gasteiger partial charge in [0.1, 0.15) is 16.6 Å². The van der Waals surface area contributed by atoms with Crippen LogP contribution in [0.5, 0.6) is 0 Å². The molecule has 1 fully saturated rings. The number of carbonyl (C=O) groups is 2. The van der Waals surface area contributed by atoms with Gasteiger partial charge in [-0.25, -0.2) is 9.67 Å². The Morgan fingerprint density at radius 1 is 1.16 bits per heavy atom. The molecule has 1 aliphatic heterocycles. The Bertz CT molecular complexity index is 1740. The maximum absolute atomic E-state index is 13.5. The molecule has 1 aromatic carbocycles. The molecule has 4 heterocycles. The quantitative estimate of drug-likeness (QED) is 0.170. The van der Waals surface area contributed by atoms with Crippen molar-refractivity contribution in [2.24, 2.45) is 10.8 Å². The lowest BCUT2D eigenvalue weighted by Crippen LogP contribution is -2.39. The van der Waals surface area contributed by atoms with Gasteiger partial charge in [-0.15, -0.1) is 11.3 Å². The molecule has 1 aliphatic rings. The molecule has 0 saturated carbocycles. The molecule has 1 atom stereocenters. The first-order valence-electron chi connectivity index (χ1n) is 15.4. The van der Waals surface area contributed by atoms with Crippen LogP contribution < -0.4 is 10.6 Å². The Kier molecular flexibility index (Phi) is 9.28. The van der Waals surface area contributed by atoms with Crippen molar-refractivity contribution in [1.29, 1.82) is 5.26 Å². The molecular weight excluding hydrogens is 584 g/mol. The van der Waals surface area contributed by atoms with Crippen molar-refractivity contribution in [3.05, 3.63) is 70.9 Å². The van der Waals surface area contributed by atoms with Crippen LogP contribution in [0.2, 0.25) is 0 Å². The number of anilines is 1. The summed E-state index contributed by atoms with van der Waals surface area (Å²) in [4.78, 5) is 34.3. The van der Waals surface area contributed by atoms with Gasteiger partial charge in [-0.1, -0.05) is 53.7 Å². The number of allylic oxidation sites excluding steroid dienone is 1. The number of nitriles is 1. The predicted molar refractivity (Wildman–Crippen MR) is 178 cm³/mol. The zero-order chi connectivity index (χ0) is 32.4. The van der Waals surface area contributed by atoms with Crippen LogP contribution in [0.4, 0.5) is 5.95 Å². The summed E-state index contributed by atoms with van der Waals surface area (Å²) >= 11 is 1.34. The van der Waals surface area contributed by atoms with Crippen LogP contribution in [0.15, 0.2) is 60.4 Å². The van der Waals surface area contributed by atoms with Crippen LogP contribution in [0.25, 0.3) is 16.0 Å². The first-order valence-corrected chi connectivity index (χ1v) is 16.2. The Labute approximate surface area is 268 Å². The maximum Gasteiger partial charge on any atom is 0.268 e. The molecule has 4 aromatic rings. The molecule has 0 spiro atoms. The van der Waals surface area contributed by atoms with Crippen LogP contribution in [0, 0.1) is 22.2 Å². The first kappa shape index (κ1) is 32.1. The molecule has 236 valence electrons. The van der Waals surface area contributed by atoms with E-state index in [4.69, 9.17) is 4.98 Å². The smallest absolute Gasteiger partial charge is 0.268 e. The van der Waals surface area contributed by atoms with Gasteiger partial charge in [0, 0.05) is 38.6 Å². The van der Waals surface area contributed by atoms with E-state index in [1.807, 2.05) is 49.7 Å². The van der Waals surface area contributed by atoms with Crippen LogP contribution >= 0.6 is 11.3 Å². The zero-order valence-corrected chi connectivity index (χ0v) is 27.7. The molecule has 45 heavy (non-hydrogen) atoms. The monoisotopic (exact) mass is 626 g/mol. The third kappa shape index (κ3) is 7.88. The number of imidazole rings is 1. The zero-order valence-electron chi connectivity index (χ0n) is 26.9. The van der Waals surface area contributed by atoms with Gasteiger partial charge in [-0.3, -0.25) is 14.9 Å². The van der Waals surface area contributed by atoms with Crippen LogP contribution in [-0.4, -0.2) is 55.2 Å². The number of fused-ring (bicyclic) bond motifs is 1. The van der Waals surface area contributed by atoms with E-state index in [9.17, 15) is 14.9 Å². The first-order chi connectivity index (χ1) is 21.3. The van der Waals surface area contributed by atoms with Crippen LogP contribution in [0.3, 0.4) is 0 Å². The van der Waals surface area contributed by atoms with E-state index in [1.165, 1.54) is 11.3 Å². The number of hydrogen-bond acceptors (Lipinski definition) is 7. The molecule has 10 nitrogen and oxygen atoms in total. The minimum Gasteiger partial charge on any atom is -0.333 e. The third-order valence-electron chi connectivity index (χ3n) is 7.53. The van der Waals surface area contributed by atoms with Crippen LogP contribution in [0.1, 0.15) is 69.6 Å². The van der Waals surface area contributed by atoms with Crippen molar-refractivity contribution < 1.29 is 9.59 Å². The predicted octanol–water partition coefficient (Wildman–Crippen LogP) is 6.16. The van der Waals surface area contributed by atoms with Gasteiger partial charge < -0.3 is 14.8 Å². The molecule has 0 aliphatic carbocycles. The van der Waals surface area contributed by atoms with E-state index >= 15 is 0 Å². The van der Waals surface area contributed by atoms with Gasteiger partial charge in [0.25, 0.3) is 11.8 Å². The molecule has 0 radical (unpaired) electrons. The summed E-state index contributed by atoms with van der Waals surface area (Å²) in [5.74, 6) is -0.0861. The number of amides is 2. The summed E-state index contributed by atoms with van der Waals surface area (Å²) in [5.41, 5.74) is 2.77. The Morgan fingerprint density at radius 2 is 1.96 bits per heavy atom. The number of hydrogen-bond donors (Lipinski definition) is 2. The van der Waals surface area contributed by atoms with E-state index < -0.39 is 0 Å². The van der Waals surface area contributed by atoms with Crippen LogP contribution in [-0.2, 0) is 17.9 Å². The second-order valence-corrected chi connectivity index (χ2v) is 15.0. The number of rotatable bonds is 9. The lowest BCUT2D eigenvalue weighted by Gasteiger charge is -2.26. The van der Waals surface area contributed by atoms with Crippen molar-refractivity contribution >= 4 is 40.1 Å². The number of likely N-dealkylation sites (tertiary alicyclic amines) is 1. The third-order valence-corrected chi connectivity index (χ3v) is 8.60. The molecule has 3 aromatic heterocycles. The molecule has 11 heteroatoms. The van der Waals surface area contributed by atoms with Gasteiger partial charge in [-0.2, -0.15) is 10.4 Å². The highest BCUT2D eigenvalue weighted by Gasteiger charge is 2.32. The molecule has 1 saturated heterocycles. The van der Waals surface area contributed by atoms with E-state index in [1.54, 1.807) is 27.9 Å². The topological polar surface area (TPSA) is 121 Å². The summed E-state index contributed by atoms with van der Waals surface area (Å²) in [5, 5.41) is 21.5. The number of benzene rings is 1. The number of thiophene rings is 1. The molecule has 0 bridgehead atoms. The summed E-state index contributed by atoms with van der Waals surface area (Å²) in [7, 11) is 0. The van der Waals surface area contributed by atoms with Gasteiger partial charge in [0.05, 0.1) is 22.0 Å². The Morgan fingerprint density at radius 3 is 2.64 bits per heavy atom. The normalized spacial score (nSPS) is 15.9. The number of aromatic nitrogens is 4. The largest absolute Gasteiger partial charge is 0.333 e. The summed E-state index contributed by atoms with van der Waals surface area (Å²) in [6, 6.07) is 13.6. The van der Waals surface area contributed by atoms with Crippen molar-refractivity contribution in [1.82, 2.24) is 29.5 Å². The molecule has 1 unspecified atom stereocenters. The SMILES string of the molecule is CC(C)(C)C=C(C#N)C(=O)N1CCCC1Cn1c(NC(=O)c2ccc(-n3cccn3)s2)nc2cc(CNCC(C)(C)C)ccc21. The number of nitrogens with one attached hydrogen (secondary N) is 2. The Balaban J connectivity index is 1.45. The van der Waals surface area contributed by atoms with E-state index in [0.29, 0.717) is 30.5 Å². The highest BCUT2D eigenvalue weighted by molar-refractivity contribution is 7.16. The van der Waals surface area contributed by atoms with Crippen molar-refractivity contribution in [3.8, 4) is 11.1 Å². The second-order valence-electron chi connectivity index (χ2n) is 13.9. The van der Waals surface area contributed by atoms with Gasteiger partial charge in [0.15, 0.2) is 0 Å². The van der Waals surface area contributed by atoms with Gasteiger partial charge in [-0.05, 0) is 59.6 Å². The molecular formula is C34H42N8O2S. The fourth-order valence-corrected chi connectivity index (χ4v) is 6.36. The molecule has 2 N–H and O–H groups in total. The average molecular weight is 627 g/mol. The minimum atomic E-state index is -0.299. The lowest BCUT2D eigenvalue weighted by molar-refractivity contribution is -0.127. The number of carbonyl (C=O) groups excluding carboxylic acids is 2. The van der Waals surface area contributed by atoms with Gasteiger partial charge in [0.2, 0.25) is 5.95 Å².